The van der Waals surface area contributed by atoms with E-state index in [0.717, 1.165) is 37.8 Å². The van der Waals surface area contributed by atoms with E-state index in [0.29, 0.717) is 12.2 Å². The van der Waals surface area contributed by atoms with E-state index < -0.39 is 0 Å². The molecule has 0 spiro atoms. The fourth-order valence-corrected chi connectivity index (χ4v) is 5.04. The molecule has 6 nitrogen and oxygen atoms in total. The molecular formula is C27H42N4O2. The van der Waals surface area contributed by atoms with Gasteiger partial charge in [0, 0.05) is 19.1 Å². The number of amides is 2. The van der Waals surface area contributed by atoms with E-state index in [-0.39, 0.29) is 36.5 Å². The van der Waals surface area contributed by atoms with Crippen molar-refractivity contribution in [2.75, 3.05) is 19.6 Å². The number of hydrazine groups is 1. The Bertz CT molecular complexity index is 835. The molecule has 3 aliphatic rings. The molecule has 6 heteroatoms. The number of carbonyl (C=O) groups excluding carboxylic acids is 2. The van der Waals surface area contributed by atoms with Crippen molar-refractivity contribution in [3.8, 4) is 0 Å². The highest BCUT2D eigenvalue weighted by atomic mass is 16.2. The first-order valence-electron chi connectivity index (χ1n) is 12.9. The van der Waals surface area contributed by atoms with E-state index in [4.69, 9.17) is 0 Å². The summed E-state index contributed by atoms with van der Waals surface area (Å²) in [5, 5.41) is 2.09. The van der Waals surface area contributed by atoms with Crippen LogP contribution in [0.2, 0.25) is 0 Å². The molecule has 1 aromatic rings. The number of likely N-dealkylation sites (tertiary alicyclic amines) is 1. The summed E-state index contributed by atoms with van der Waals surface area (Å²) in [6.45, 7) is 12.0. The summed E-state index contributed by atoms with van der Waals surface area (Å²) >= 11 is 0. The molecule has 2 amide bonds. The number of nitrogens with zero attached hydrogens (tertiary/aromatic N) is 3. The van der Waals surface area contributed by atoms with Crippen LogP contribution in [0.4, 0.5) is 0 Å². The van der Waals surface area contributed by atoms with Crippen LogP contribution in [0.15, 0.2) is 36.0 Å². The first-order chi connectivity index (χ1) is 16.0. The minimum absolute atomic E-state index is 0.0116. The van der Waals surface area contributed by atoms with Gasteiger partial charge in [0.25, 0.3) is 5.91 Å². The first-order valence-corrected chi connectivity index (χ1v) is 12.9. The van der Waals surface area contributed by atoms with Crippen LogP contribution in [-0.4, -0.2) is 58.3 Å². The lowest BCUT2D eigenvalue weighted by molar-refractivity contribution is -0.143. The second-order valence-electron chi connectivity index (χ2n) is 9.35. The molecule has 3 atom stereocenters. The molecule has 0 saturated carbocycles. The number of fused-ring (bicyclic) bond motifs is 1. The van der Waals surface area contributed by atoms with Gasteiger partial charge in [-0.2, -0.15) is 0 Å². The summed E-state index contributed by atoms with van der Waals surface area (Å²) < 4.78 is 0. The Morgan fingerprint density at radius 1 is 1.15 bits per heavy atom. The standard InChI is InChI=1S/C25H36N4O2.C2H6/c1-4-5-6-9-21-16-27(17-24(30)28-14-7-8-19(28)3)25(31)23-15-22(26-29(21)23)20-12-10-18(2)11-13-20;1-2/h10-13,15,19,21-22,26H,4-9,14,16-17H2,1-3H3;1-2H3. The molecule has 2 fully saturated rings. The number of unbranched alkanes of at least 4 members (excludes halogenated alkanes) is 2. The van der Waals surface area contributed by atoms with Crippen LogP contribution in [0.5, 0.6) is 0 Å². The molecule has 4 rings (SSSR count). The number of aryl methyl sites for hydroxylation is 1. The normalized spacial score (nSPS) is 24.4. The van der Waals surface area contributed by atoms with E-state index in [9.17, 15) is 9.59 Å². The molecule has 33 heavy (non-hydrogen) atoms. The summed E-state index contributed by atoms with van der Waals surface area (Å²) in [6, 6.07) is 8.91. The van der Waals surface area contributed by atoms with Crippen LogP contribution in [0.1, 0.15) is 83.4 Å². The van der Waals surface area contributed by atoms with Gasteiger partial charge in [-0.05, 0) is 44.7 Å². The summed E-state index contributed by atoms with van der Waals surface area (Å²) in [5.41, 5.74) is 6.64. The Labute approximate surface area is 200 Å². The summed E-state index contributed by atoms with van der Waals surface area (Å²) in [4.78, 5) is 30.0. The van der Waals surface area contributed by atoms with Gasteiger partial charge in [0.05, 0.1) is 12.1 Å². The third kappa shape index (κ3) is 5.78. The predicted molar refractivity (Wildman–Crippen MR) is 133 cm³/mol. The molecule has 1 N–H and O–H groups in total. The maximum Gasteiger partial charge on any atom is 0.271 e. The molecule has 0 aliphatic carbocycles. The number of nitrogens with one attached hydrogen (secondary N) is 1. The number of benzene rings is 1. The van der Waals surface area contributed by atoms with E-state index in [1.165, 1.54) is 18.4 Å². The van der Waals surface area contributed by atoms with Crippen LogP contribution in [0.25, 0.3) is 0 Å². The average molecular weight is 455 g/mol. The molecule has 3 aliphatic heterocycles. The fraction of sp³-hybridized carbons (Fsp3) is 0.630. The molecule has 3 unspecified atom stereocenters. The van der Waals surface area contributed by atoms with Crippen molar-refractivity contribution in [3.63, 3.8) is 0 Å². The molecule has 0 radical (unpaired) electrons. The van der Waals surface area contributed by atoms with Crippen molar-refractivity contribution in [2.45, 2.75) is 91.3 Å². The van der Waals surface area contributed by atoms with Crippen molar-refractivity contribution in [3.05, 3.63) is 47.2 Å². The van der Waals surface area contributed by atoms with Gasteiger partial charge in [0.15, 0.2) is 0 Å². The van der Waals surface area contributed by atoms with Crippen molar-refractivity contribution >= 4 is 11.8 Å². The lowest BCUT2D eigenvalue weighted by atomic mass is 10.0. The highest BCUT2D eigenvalue weighted by molar-refractivity contribution is 5.96. The van der Waals surface area contributed by atoms with Crippen molar-refractivity contribution in [1.82, 2.24) is 20.2 Å². The van der Waals surface area contributed by atoms with E-state index >= 15 is 0 Å². The topological polar surface area (TPSA) is 55.9 Å². The van der Waals surface area contributed by atoms with Gasteiger partial charge in [-0.1, -0.05) is 69.9 Å². The number of piperazine rings is 1. The molecule has 1 aromatic carbocycles. The van der Waals surface area contributed by atoms with Gasteiger partial charge in [0.1, 0.15) is 12.2 Å². The third-order valence-corrected chi connectivity index (χ3v) is 6.94. The Balaban J connectivity index is 0.00000149. The second kappa shape index (κ2) is 11.7. The molecule has 0 aromatic heterocycles. The monoisotopic (exact) mass is 454 g/mol. The van der Waals surface area contributed by atoms with Crippen molar-refractivity contribution < 1.29 is 9.59 Å². The van der Waals surface area contributed by atoms with Gasteiger partial charge in [-0.3, -0.25) is 14.6 Å². The number of hydrogen-bond acceptors (Lipinski definition) is 4. The van der Waals surface area contributed by atoms with Crippen molar-refractivity contribution in [2.24, 2.45) is 0 Å². The van der Waals surface area contributed by atoms with Crippen LogP contribution >= 0.6 is 0 Å². The minimum Gasteiger partial charge on any atom is -0.338 e. The maximum absolute atomic E-state index is 13.4. The Hall–Kier alpha value is -2.34. The van der Waals surface area contributed by atoms with Crippen molar-refractivity contribution in [1.29, 1.82) is 0 Å². The van der Waals surface area contributed by atoms with Gasteiger partial charge >= 0.3 is 0 Å². The quantitative estimate of drug-likeness (QED) is 0.613. The van der Waals surface area contributed by atoms with Crippen LogP contribution in [-0.2, 0) is 9.59 Å². The van der Waals surface area contributed by atoms with Gasteiger partial charge in [0.2, 0.25) is 5.91 Å². The number of rotatable bonds is 7. The van der Waals surface area contributed by atoms with E-state index in [2.05, 4.69) is 55.5 Å². The maximum atomic E-state index is 13.4. The molecular weight excluding hydrogens is 412 g/mol. The Morgan fingerprint density at radius 2 is 1.88 bits per heavy atom. The number of hydrogen-bond donors (Lipinski definition) is 1. The predicted octanol–water partition coefficient (Wildman–Crippen LogP) is 4.57. The second-order valence-corrected chi connectivity index (χ2v) is 9.35. The largest absolute Gasteiger partial charge is 0.338 e. The van der Waals surface area contributed by atoms with Crippen LogP contribution < -0.4 is 5.43 Å². The van der Waals surface area contributed by atoms with Gasteiger partial charge in [-0.25, -0.2) is 5.43 Å². The van der Waals surface area contributed by atoms with E-state index in [1.54, 1.807) is 4.90 Å². The van der Waals surface area contributed by atoms with E-state index in [1.807, 2.05) is 24.8 Å². The summed E-state index contributed by atoms with van der Waals surface area (Å²) in [7, 11) is 0. The lowest BCUT2D eigenvalue weighted by Crippen LogP contribution is -2.58. The smallest absolute Gasteiger partial charge is 0.271 e. The van der Waals surface area contributed by atoms with Crippen LogP contribution in [0, 0.1) is 6.92 Å². The highest BCUT2D eigenvalue weighted by Gasteiger charge is 2.41. The SMILES string of the molecule is CC.CCCCCC1CN(CC(=O)N2CCCC2C)C(=O)C2=CC(c3ccc(C)cc3)NN21. The fourth-order valence-electron chi connectivity index (χ4n) is 5.04. The lowest BCUT2D eigenvalue weighted by Gasteiger charge is -2.42. The average Bonchev–Trinajstić information content (AvgIpc) is 3.46. The zero-order valence-corrected chi connectivity index (χ0v) is 21.1. The summed E-state index contributed by atoms with van der Waals surface area (Å²) in [6.07, 6.45) is 8.64. The zero-order chi connectivity index (χ0) is 24.0. The molecule has 0 bridgehead atoms. The Kier molecular flexibility index (Phi) is 8.95. The number of carbonyl (C=O) groups is 2. The zero-order valence-electron chi connectivity index (χ0n) is 21.1. The Morgan fingerprint density at radius 3 is 2.52 bits per heavy atom. The van der Waals surface area contributed by atoms with Gasteiger partial charge in [-0.15, -0.1) is 0 Å². The van der Waals surface area contributed by atoms with Crippen LogP contribution in [0.3, 0.4) is 0 Å². The molecule has 182 valence electrons. The molecule has 2 saturated heterocycles. The summed E-state index contributed by atoms with van der Waals surface area (Å²) in [5.74, 6) is 0.0507. The first kappa shape index (κ1) is 25.3. The third-order valence-electron chi connectivity index (χ3n) is 6.94. The molecule has 3 heterocycles. The van der Waals surface area contributed by atoms with Gasteiger partial charge < -0.3 is 9.80 Å². The highest BCUT2D eigenvalue weighted by Crippen LogP contribution is 2.32. The minimum atomic E-state index is -0.0333.